The summed E-state index contributed by atoms with van der Waals surface area (Å²) in [5.74, 6) is 1.42. The summed E-state index contributed by atoms with van der Waals surface area (Å²) in [5, 5.41) is 7.89. The summed E-state index contributed by atoms with van der Waals surface area (Å²) in [5.41, 5.74) is 4.52. The molecule has 6 heteroatoms. The summed E-state index contributed by atoms with van der Waals surface area (Å²) in [6, 6.07) is 10.8. The van der Waals surface area contributed by atoms with Crippen LogP contribution in [0.2, 0.25) is 0 Å². The molecule has 1 aromatic carbocycles. The molecule has 6 nitrogen and oxygen atoms in total. The van der Waals surface area contributed by atoms with Crippen LogP contribution in [-0.4, -0.2) is 37.7 Å². The molecule has 5 rings (SSSR count). The first-order valence-electron chi connectivity index (χ1n) is 10.8. The molecular weight excluding hydrogens is 360 g/mol. The van der Waals surface area contributed by atoms with Crippen LogP contribution < -0.4 is 5.32 Å². The topological polar surface area (TPSA) is 58.9 Å². The molecule has 0 unspecified atom stereocenters. The first-order valence-corrected chi connectivity index (χ1v) is 10.8. The van der Waals surface area contributed by atoms with Crippen LogP contribution in [0.3, 0.4) is 0 Å². The van der Waals surface area contributed by atoms with E-state index in [4.69, 9.17) is 0 Å². The van der Waals surface area contributed by atoms with E-state index in [0.717, 1.165) is 29.4 Å². The average molecular weight is 389 g/mol. The predicted molar refractivity (Wildman–Crippen MR) is 115 cm³/mol. The lowest BCUT2D eigenvalue weighted by molar-refractivity contribution is 0.331. The van der Waals surface area contributed by atoms with Crippen molar-refractivity contribution in [1.29, 1.82) is 0 Å². The first kappa shape index (κ1) is 18.3. The molecule has 3 aromatic rings. The van der Waals surface area contributed by atoms with E-state index >= 15 is 0 Å². The smallest absolute Gasteiger partial charge is 0.134 e. The van der Waals surface area contributed by atoms with Crippen molar-refractivity contribution in [3.63, 3.8) is 0 Å². The maximum Gasteiger partial charge on any atom is 0.134 e. The van der Waals surface area contributed by atoms with Gasteiger partial charge in [-0.2, -0.15) is 5.10 Å². The molecule has 1 saturated carbocycles. The average Bonchev–Trinajstić information content (AvgIpc) is 3.52. The molecule has 3 heterocycles. The summed E-state index contributed by atoms with van der Waals surface area (Å²) in [7, 11) is 0. The SMILES string of the molecule is c1nc(Nc2cnn(-c3ccc(CN4CCCC4)cc3)c2)cc(C2CCCC2)n1. The number of likely N-dealkylation sites (tertiary alicyclic amines) is 1. The highest BCUT2D eigenvalue weighted by molar-refractivity contribution is 5.55. The molecule has 2 aromatic heterocycles. The van der Waals surface area contributed by atoms with E-state index < -0.39 is 0 Å². The second kappa shape index (κ2) is 8.33. The highest BCUT2D eigenvalue weighted by Crippen LogP contribution is 2.33. The van der Waals surface area contributed by atoms with Gasteiger partial charge in [0.25, 0.3) is 0 Å². The summed E-state index contributed by atoms with van der Waals surface area (Å²) < 4.78 is 1.90. The van der Waals surface area contributed by atoms with Gasteiger partial charge in [0, 0.05) is 24.2 Å². The third-order valence-corrected chi connectivity index (χ3v) is 6.12. The Morgan fingerprint density at radius 2 is 1.76 bits per heavy atom. The molecular formula is C23H28N6. The second-order valence-electron chi connectivity index (χ2n) is 8.26. The van der Waals surface area contributed by atoms with E-state index in [-0.39, 0.29) is 0 Å². The quantitative estimate of drug-likeness (QED) is 0.665. The fourth-order valence-electron chi connectivity index (χ4n) is 4.52. The molecule has 2 fully saturated rings. The van der Waals surface area contributed by atoms with Gasteiger partial charge in [-0.05, 0) is 56.5 Å². The Bertz CT molecular complexity index is 936. The van der Waals surface area contributed by atoms with E-state index in [1.807, 2.05) is 17.1 Å². The third-order valence-electron chi connectivity index (χ3n) is 6.12. The predicted octanol–water partition coefficient (Wildman–Crippen LogP) is 4.66. The number of benzene rings is 1. The Morgan fingerprint density at radius 1 is 0.966 bits per heavy atom. The Balaban J connectivity index is 1.25. The molecule has 1 saturated heterocycles. The van der Waals surface area contributed by atoms with E-state index in [1.165, 1.54) is 57.2 Å². The number of aromatic nitrogens is 4. The van der Waals surface area contributed by atoms with Crippen molar-refractivity contribution in [1.82, 2.24) is 24.6 Å². The van der Waals surface area contributed by atoms with Crippen LogP contribution in [0, 0.1) is 0 Å². The van der Waals surface area contributed by atoms with Crippen LogP contribution in [0.25, 0.3) is 5.69 Å². The Kier molecular flexibility index (Phi) is 5.26. The van der Waals surface area contributed by atoms with Crippen molar-refractivity contribution in [2.75, 3.05) is 18.4 Å². The van der Waals surface area contributed by atoms with Crippen LogP contribution in [0.5, 0.6) is 0 Å². The lowest BCUT2D eigenvalue weighted by Crippen LogP contribution is -2.18. The van der Waals surface area contributed by atoms with Gasteiger partial charge in [0.1, 0.15) is 12.1 Å². The van der Waals surface area contributed by atoms with Gasteiger partial charge in [-0.25, -0.2) is 14.6 Å². The van der Waals surface area contributed by atoms with Crippen LogP contribution >= 0.6 is 0 Å². The van der Waals surface area contributed by atoms with Gasteiger partial charge < -0.3 is 5.32 Å². The Labute approximate surface area is 172 Å². The largest absolute Gasteiger partial charge is 0.338 e. The van der Waals surface area contributed by atoms with Gasteiger partial charge in [-0.1, -0.05) is 25.0 Å². The lowest BCUT2D eigenvalue weighted by atomic mass is 10.0. The summed E-state index contributed by atoms with van der Waals surface area (Å²) in [6.45, 7) is 3.49. The maximum atomic E-state index is 4.52. The zero-order valence-electron chi connectivity index (χ0n) is 16.8. The molecule has 1 aliphatic heterocycles. The Hall–Kier alpha value is -2.73. The number of nitrogens with one attached hydrogen (secondary N) is 1. The first-order chi connectivity index (χ1) is 14.3. The van der Waals surface area contributed by atoms with Crippen LogP contribution in [0.15, 0.2) is 49.1 Å². The van der Waals surface area contributed by atoms with Crippen molar-refractivity contribution in [2.45, 2.75) is 51.0 Å². The zero-order valence-corrected chi connectivity index (χ0v) is 16.8. The van der Waals surface area contributed by atoms with Gasteiger partial charge in [0.2, 0.25) is 0 Å². The molecule has 150 valence electrons. The molecule has 0 atom stereocenters. The summed E-state index contributed by atoms with van der Waals surface area (Å²) in [6.07, 6.45) is 13.3. The van der Waals surface area contributed by atoms with Gasteiger partial charge in [-0.3, -0.25) is 4.90 Å². The molecule has 1 N–H and O–H groups in total. The number of rotatable bonds is 6. The number of nitrogens with zero attached hydrogens (tertiary/aromatic N) is 5. The number of anilines is 2. The molecule has 0 radical (unpaired) electrons. The van der Waals surface area contributed by atoms with Crippen LogP contribution in [-0.2, 0) is 6.54 Å². The zero-order chi connectivity index (χ0) is 19.5. The fraction of sp³-hybridized carbons (Fsp3) is 0.435. The molecule has 2 aliphatic rings. The van der Waals surface area contributed by atoms with E-state index in [1.54, 1.807) is 6.33 Å². The fourth-order valence-corrected chi connectivity index (χ4v) is 4.52. The van der Waals surface area contributed by atoms with E-state index in [0.29, 0.717) is 5.92 Å². The molecule has 0 spiro atoms. The third kappa shape index (κ3) is 4.32. The minimum atomic E-state index is 0.584. The van der Waals surface area contributed by atoms with E-state index in [2.05, 4.69) is 55.6 Å². The minimum absolute atomic E-state index is 0.584. The van der Waals surface area contributed by atoms with E-state index in [9.17, 15) is 0 Å². The van der Waals surface area contributed by atoms with Crippen molar-refractivity contribution < 1.29 is 0 Å². The van der Waals surface area contributed by atoms with Crippen molar-refractivity contribution in [2.24, 2.45) is 0 Å². The Morgan fingerprint density at radius 3 is 2.55 bits per heavy atom. The normalized spacial score (nSPS) is 17.8. The monoisotopic (exact) mass is 388 g/mol. The van der Waals surface area contributed by atoms with Crippen LogP contribution in [0.1, 0.15) is 55.7 Å². The number of hydrogen-bond acceptors (Lipinski definition) is 5. The molecule has 0 amide bonds. The van der Waals surface area contributed by atoms with Gasteiger partial charge in [0.05, 0.1) is 23.8 Å². The van der Waals surface area contributed by atoms with Crippen molar-refractivity contribution in [3.8, 4) is 5.69 Å². The summed E-state index contributed by atoms with van der Waals surface area (Å²) in [4.78, 5) is 11.4. The number of hydrogen-bond donors (Lipinski definition) is 1. The molecule has 1 aliphatic carbocycles. The lowest BCUT2D eigenvalue weighted by Gasteiger charge is -2.14. The van der Waals surface area contributed by atoms with Crippen LogP contribution in [0.4, 0.5) is 11.5 Å². The summed E-state index contributed by atoms with van der Waals surface area (Å²) >= 11 is 0. The maximum absolute atomic E-state index is 4.52. The van der Waals surface area contributed by atoms with Gasteiger partial charge >= 0.3 is 0 Å². The highest BCUT2D eigenvalue weighted by Gasteiger charge is 2.19. The van der Waals surface area contributed by atoms with Gasteiger partial charge in [-0.15, -0.1) is 0 Å². The highest BCUT2D eigenvalue weighted by atomic mass is 15.3. The van der Waals surface area contributed by atoms with Crippen molar-refractivity contribution in [3.05, 3.63) is 60.3 Å². The standard InChI is InChI=1S/C23H28N6/c1-2-6-19(5-1)22-13-23(25-17-24-22)27-20-14-26-29(16-20)21-9-7-18(8-10-21)15-28-11-3-4-12-28/h7-10,13-14,16-17,19H,1-6,11-12,15H2,(H,24,25,27). The van der Waals surface area contributed by atoms with Gasteiger partial charge in [0.15, 0.2) is 0 Å². The molecule has 29 heavy (non-hydrogen) atoms. The minimum Gasteiger partial charge on any atom is -0.338 e. The second-order valence-corrected chi connectivity index (χ2v) is 8.26. The molecule has 0 bridgehead atoms. The van der Waals surface area contributed by atoms with Crippen molar-refractivity contribution >= 4 is 11.5 Å².